The molecule has 0 spiro atoms. The van der Waals surface area contributed by atoms with Crippen LogP contribution in [0, 0.1) is 6.92 Å². The normalized spacial score (nSPS) is 14.8. The van der Waals surface area contributed by atoms with Gasteiger partial charge in [-0.2, -0.15) is 11.8 Å². The van der Waals surface area contributed by atoms with E-state index in [2.05, 4.69) is 53.1 Å². The van der Waals surface area contributed by atoms with Gasteiger partial charge in [-0.25, -0.2) is 0 Å². The number of carbonyl (C=O) groups excluding carboxylic acids is 1. The van der Waals surface area contributed by atoms with Gasteiger partial charge in [0.2, 0.25) is 0 Å². The van der Waals surface area contributed by atoms with Crippen LogP contribution in [0.5, 0.6) is 5.75 Å². The van der Waals surface area contributed by atoms with Gasteiger partial charge in [0.05, 0.1) is 27.2 Å². The second-order valence-electron chi connectivity index (χ2n) is 8.19. The van der Waals surface area contributed by atoms with Crippen molar-refractivity contribution in [1.82, 2.24) is 4.90 Å². The van der Waals surface area contributed by atoms with E-state index in [9.17, 15) is 4.79 Å². The first-order chi connectivity index (χ1) is 12.3. The number of amides is 1. The van der Waals surface area contributed by atoms with Gasteiger partial charge in [-0.15, -0.1) is 0 Å². The first-order valence-corrected chi connectivity index (χ1v) is 10.8. The lowest BCUT2D eigenvalue weighted by Gasteiger charge is -2.33. The van der Waals surface area contributed by atoms with E-state index in [0.717, 1.165) is 47.8 Å². The lowest BCUT2D eigenvalue weighted by Crippen LogP contribution is -3.00. The summed E-state index contributed by atoms with van der Waals surface area (Å²) in [5.41, 5.74) is 2.49. The second kappa shape index (κ2) is 11.3. The minimum absolute atomic E-state index is 0. The standard InChI is InChI=1S/C21H35N2O2S.BrH/c1-17(2)19-8-7-18(3)20(15-19)25-12-6-11-23(4,5)16-21(24)22-9-13-26-14-10-22;/h7-8,15,17H,6,9-14,16H2,1-5H3;1H/q+1;/p-1. The summed E-state index contributed by atoms with van der Waals surface area (Å²) in [5, 5.41) is 0. The quantitative estimate of drug-likeness (QED) is 0.420. The molecule has 1 aromatic carbocycles. The highest BCUT2D eigenvalue weighted by molar-refractivity contribution is 7.99. The zero-order chi connectivity index (χ0) is 19.2. The zero-order valence-electron chi connectivity index (χ0n) is 17.5. The summed E-state index contributed by atoms with van der Waals surface area (Å²) < 4.78 is 6.76. The molecule has 0 radical (unpaired) electrons. The van der Waals surface area contributed by atoms with Crippen LogP contribution in [0.3, 0.4) is 0 Å². The molecule has 6 heteroatoms. The molecule has 1 aliphatic heterocycles. The predicted molar refractivity (Wildman–Crippen MR) is 111 cm³/mol. The zero-order valence-corrected chi connectivity index (χ0v) is 19.9. The average Bonchev–Trinajstić information content (AvgIpc) is 2.60. The van der Waals surface area contributed by atoms with Crippen LogP contribution in [0.15, 0.2) is 18.2 Å². The Morgan fingerprint density at radius 1 is 1.26 bits per heavy atom. The van der Waals surface area contributed by atoms with E-state index in [-0.39, 0.29) is 22.9 Å². The Hall–Kier alpha value is -0.720. The molecule has 1 aliphatic rings. The minimum Gasteiger partial charge on any atom is -1.00 e. The molecule has 0 N–H and O–H groups in total. The third-order valence-electron chi connectivity index (χ3n) is 4.97. The average molecular weight is 459 g/mol. The third kappa shape index (κ3) is 8.04. The maximum absolute atomic E-state index is 12.5. The number of thioether (sulfide) groups is 1. The lowest BCUT2D eigenvalue weighted by molar-refractivity contribution is -0.882. The Balaban J connectivity index is 0.00000364. The fourth-order valence-corrected chi connectivity index (χ4v) is 4.07. The van der Waals surface area contributed by atoms with Gasteiger partial charge in [0.1, 0.15) is 5.75 Å². The van der Waals surface area contributed by atoms with E-state index in [0.29, 0.717) is 19.1 Å². The summed E-state index contributed by atoms with van der Waals surface area (Å²) >= 11 is 1.94. The maximum atomic E-state index is 12.5. The van der Waals surface area contributed by atoms with Crippen LogP contribution in [0.25, 0.3) is 0 Å². The molecule has 27 heavy (non-hydrogen) atoms. The van der Waals surface area contributed by atoms with Crippen molar-refractivity contribution in [3.05, 3.63) is 29.3 Å². The number of likely N-dealkylation sites (N-methyl/N-ethyl adjacent to an activating group) is 1. The lowest BCUT2D eigenvalue weighted by atomic mass is 10.0. The summed E-state index contributed by atoms with van der Waals surface area (Å²) in [5.74, 6) is 3.93. The Labute approximate surface area is 180 Å². The maximum Gasteiger partial charge on any atom is 0.277 e. The number of quaternary nitrogens is 1. The van der Waals surface area contributed by atoms with E-state index in [1.165, 1.54) is 11.1 Å². The first-order valence-electron chi connectivity index (χ1n) is 9.69. The van der Waals surface area contributed by atoms with Crippen molar-refractivity contribution < 1.29 is 31.0 Å². The summed E-state index contributed by atoms with van der Waals surface area (Å²) in [6.45, 7) is 10.5. The molecule has 1 aromatic rings. The molecule has 154 valence electrons. The largest absolute Gasteiger partial charge is 1.00 e. The van der Waals surface area contributed by atoms with Crippen molar-refractivity contribution in [1.29, 1.82) is 0 Å². The summed E-state index contributed by atoms with van der Waals surface area (Å²) in [4.78, 5) is 14.5. The van der Waals surface area contributed by atoms with Crippen molar-refractivity contribution in [2.75, 3.05) is 58.4 Å². The van der Waals surface area contributed by atoms with Crippen molar-refractivity contribution in [3.63, 3.8) is 0 Å². The topological polar surface area (TPSA) is 29.5 Å². The van der Waals surface area contributed by atoms with Gasteiger partial charge in [-0.05, 0) is 30.0 Å². The number of ether oxygens (including phenoxy) is 1. The van der Waals surface area contributed by atoms with Crippen LogP contribution in [0.1, 0.15) is 37.3 Å². The number of hydrogen-bond donors (Lipinski definition) is 0. The minimum atomic E-state index is 0. The van der Waals surface area contributed by atoms with Crippen molar-refractivity contribution >= 4 is 17.7 Å². The van der Waals surface area contributed by atoms with Crippen molar-refractivity contribution in [2.45, 2.75) is 33.1 Å². The van der Waals surface area contributed by atoms with Crippen LogP contribution in [-0.2, 0) is 4.79 Å². The molecule has 0 bridgehead atoms. The molecule has 1 heterocycles. The van der Waals surface area contributed by atoms with Crippen molar-refractivity contribution in [2.24, 2.45) is 0 Å². The fourth-order valence-electron chi connectivity index (χ4n) is 3.16. The Bertz CT molecular complexity index is 602. The molecule has 0 saturated carbocycles. The molecular formula is C21H35BrN2O2S. The SMILES string of the molecule is Cc1ccc(C(C)C)cc1OCCC[N+](C)(C)CC(=O)N1CCSCC1.[Br-]. The number of hydrogen-bond acceptors (Lipinski definition) is 3. The Morgan fingerprint density at radius 3 is 2.56 bits per heavy atom. The van der Waals surface area contributed by atoms with E-state index < -0.39 is 0 Å². The van der Waals surface area contributed by atoms with Gasteiger partial charge in [-0.1, -0.05) is 26.0 Å². The molecule has 1 fully saturated rings. The number of benzene rings is 1. The van der Waals surface area contributed by atoms with Crippen LogP contribution in [-0.4, -0.2) is 73.7 Å². The van der Waals surface area contributed by atoms with E-state index >= 15 is 0 Å². The molecule has 0 atom stereocenters. The molecule has 4 nitrogen and oxygen atoms in total. The highest BCUT2D eigenvalue weighted by atomic mass is 79.9. The monoisotopic (exact) mass is 458 g/mol. The highest BCUT2D eigenvalue weighted by Crippen LogP contribution is 2.24. The molecule has 0 aromatic heterocycles. The summed E-state index contributed by atoms with van der Waals surface area (Å²) in [6, 6.07) is 6.48. The number of nitrogens with zero attached hydrogens (tertiary/aromatic N) is 2. The Kier molecular flexibility index (Phi) is 10.2. The molecule has 1 saturated heterocycles. The van der Waals surface area contributed by atoms with Gasteiger partial charge < -0.3 is 31.1 Å². The molecule has 0 aliphatic carbocycles. The van der Waals surface area contributed by atoms with Crippen LogP contribution in [0.4, 0.5) is 0 Å². The smallest absolute Gasteiger partial charge is 0.277 e. The van der Waals surface area contributed by atoms with Crippen molar-refractivity contribution in [3.8, 4) is 5.75 Å². The van der Waals surface area contributed by atoms with Crippen LogP contribution >= 0.6 is 11.8 Å². The number of carbonyl (C=O) groups is 1. The van der Waals surface area contributed by atoms with Gasteiger partial charge in [0.25, 0.3) is 5.91 Å². The molecular weight excluding hydrogens is 424 g/mol. The fraction of sp³-hybridized carbons (Fsp3) is 0.667. The van der Waals surface area contributed by atoms with Crippen LogP contribution in [0.2, 0.25) is 0 Å². The van der Waals surface area contributed by atoms with Gasteiger partial charge >= 0.3 is 0 Å². The summed E-state index contributed by atoms with van der Waals surface area (Å²) in [7, 11) is 4.28. The van der Waals surface area contributed by atoms with E-state index in [1.54, 1.807) is 0 Å². The van der Waals surface area contributed by atoms with E-state index in [4.69, 9.17) is 4.74 Å². The predicted octanol–water partition coefficient (Wildman–Crippen LogP) is 0.543. The highest BCUT2D eigenvalue weighted by Gasteiger charge is 2.25. The van der Waals surface area contributed by atoms with Gasteiger partial charge in [0.15, 0.2) is 6.54 Å². The number of aryl methyl sites for hydroxylation is 1. The number of rotatable bonds is 8. The molecule has 2 rings (SSSR count). The first kappa shape index (κ1) is 24.3. The molecule has 1 amide bonds. The second-order valence-corrected chi connectivity index (χ2v) is 9.42. The van der Waals surface area contributed by atoms with E-state index in [1.807, 2.05) is 16.7 Å². The van der Waals surface area contributed by atoms with Gasteiger partial charge in [-0.3, -0.25) is 4.79 Å². The van der Waals surface area contributed by atoms with Gasteiger partial charge in [0, 0.05) is 31.0 Å². The summed E-state index contributed by atoms with van der Waals surface area (Å²) in [6.07, 6.45) is 0.946. The third-order valence-corrected chi connectivity index (χ3v) is 5.91. The van der Waals surface area contributed by atoms with Crippen LogP contribution < -0.4 is 21.7 Å². The number of halogens is 1. The molecule has 0 unspecified atom stereocenters. The Morgan fingerprint density at radius 2 is 1.93 bits per heavy atom.